The van der Waals surface area contributed by atoms with E-state index in [1.54, 1.807) is 11.3 Å². The van der Waals surface area contributed by atoms with Gasteiger partial charge in [0.1, 0.15) is 11.2 Å². The van der Waals surface area contributed by atoms with E-state index >= 15 is 0 Å². The minimum atomic E-state index is 0.586. The standard InChI is InChI=1S/C59H34N4OS/c1-2-15-36(16-3-1)45-33-47-52(34-50(45)63-48-24-10-8-20-41(48)46-31-38-18-6-7-19-39(38)32-49(46)63)64-51-25-12-22-43(55(47)51)58-60-57(40-29-28-35-14-4-5-17-37(35)30-40)61-59(62-58)44-23-13-27-54-56(44)42-21-9-11-26-53(42)65-54/h1-34H. The lowest BCUT2D eigenvalue weighted by atomic mass is 9.98. The molecule has 14 rings (SSSR count). The molecule has 6 heteroatoms. The Morgan fingerprint density at radius 3 is 1.83 bits per heavy atom. The number of fused-ring (bicyclic) bond motifs is 11. The summed E-state index contributed by atoms with van der Waals surface area (Å²) < 4.78 is 11.8. The van der Waals surface area contributed by atoms with E-state index in [1.165, 1.54) is 36.3 Å². The molecule has 0 N–H and O–H groups in total. The molecule has 14 aromatic rings. The molecular formula is C59H34N4OS. The summed E-state index contributed by atoms with van der Waals surface area (Å²) in [7, 11) is 0. The third-order valence-electron chi connectivity index (χ3n) is 13.0. The largest absolute Gasteiger partial charge is 0.456 e. The van der Waals surface area contributed by atoms with Crippen LogP contribution in [-0.2, 0) is 0 Å². The molecule has 0 aliphatic carbocycles. The molecule has 5 nitrogen and oxygen atoms in total. The van der Waals surface area contributed by atoms with E-state index in [0.717, 1.165) is 82.6 Å². The van der Waals surface area contributed by atoms with Gasteiger partial charge in [-0.1, -0.05) is 152 Å². The number of hydrogen-bond donors (Lipinski definition) is 0. The first-order valence-electron chi connectivity index (χ1n) is 21.8. The Balaban J connectivity index is 1.05. The lowest BCUT2D eigenvalue weighted by Gasteiger charge is -2.15. The number of benzene rings is 10. The van der Waals surface area contributed by atoms with Gasteiger partial charge in [-0.2, -0.15) is 0 Å². The third kappa shape index (κ3) is 5.61. The van der Waals surface area contributed by atoms with Crippen molar-refractivity contribution in [1.82, 2.24) is 19.5 Å². The zero-order valence-electron chi connectivity index (χ0n) is 34.7. The predicted molar refractivity (Wildman–Crippen MR) is 271 cm³/mol. The summed E-state index contributed by atoms with van der Waals surface area (Å²) in [6.07, 6.45) is 0. The lowest BCUT2D eigenvalue weighted by molar-refractivity contribution is 0.668. The zero-order chi connectivity index (χ0) is 42.6. The first-order valence-corrected chi connectivity index (χ1v) is 22.7. The van der Waals surface area contributed by atoms with Gasteiger partial charge in [-0.15, -0.1) is 11.3 Å². The molecule has 0 spiro atoms. The Labute approximate surface area is 376 Å². The number of hydrogen-bond acceptors (Lipinski definition) is 5. The van der Waals surface area contributed by atoms with Gasteiger partial charge in [0, 0.05) is 70.0 Å². The Morgan fingerprint density at radius 1 is 0.354 bits per heavy atom. The summed E-state index contributed by atoms with van der Waals surface area (Å²) >= 11 is 1.79. The molecule has 10 aromatic carbocycles. The molecule has 302 valence electrons. The minimum absolute atomic E-state index is 0.586. The van der Waals surface area contributed by atoms with Crippen LogP contribution in [0.4, 0.5) is 0 Å². The van der Waals surface area contributed by atoms with E-state index in [0.29, 0.717) is 17.5 Å². The van der Waals surface area contributed by atoms with Gasteiger partial charge in [-0.3, -0.25) is 0 Å². The minimum Gasteiger partial charge on any atom is -0.456 e. The first-order chi connectivity index (χ1) is 32.2. The lowest BCUT2D eigenvalue weighted by Crippen LogP contribution is -2.01. The highest BCUT2D eigenvalue weighted by molar-refractivity contribution is 7.25. The van der Waals surface area contributed by atoms with Gasteiger partial charge >= 0.3 is 0 Å². The maximum atomic E-state index is 6.93. The molecular weight excluding hydrogens is 813 g/mol. The Bertz CT molecular complexity index is 4260. The van der Waals surface area contributed by atoms with Crippen molar-refractivity contribution < 1.29 is 4.42 Å². The average Bonchev–Trinajstić information content (AvgIpc) is 4.04. The van der Waals surface area contributed by atoms with E-state index in [4.69, 9.17) is 19.4 Å². The predicted octanol–water partition coefficient (Wildman–Crippen LogP) is 16.2. The molecule has 0 saturated heterocycles. The highest BCUT2D eigenvalue weighted by atomic mass is 32.1. The quantitative estimate of drug-likeness (QED) is 0.173. The van der Waals surface area contributed by atoms with Crippen LogP contribution < -0.4 is 0 Å². The Hall–Kier alpha value is -8.45. The van der Waals surface area contributed by atoms with Gasteiger partial charge in [0.15, 0.2) is 17.5 Å². The highest BCUT2D eigenvalue weighted by Gasteiger charge is 2.23. The second-order valence-electron chi connectivity index (χ2n) is 16.7. The van der Waals surface area contributed by atoms with E-state index < -0.39 is 0 Å². The van der Waals surface area contributed by atoms with Crippen LogP contribution >= 0.6 is 11.3 Å². The SMILES string of the molecule is c1ccc(-c2cc3c(cc2-n2c4ccccc4c4cc5ccccc5cc42)oc2cccc(-c4nc(-c5ccc6ccccc6c5)nc(-c5cccc6sc7ccccc7c56)n4)c23)cc1. The molecule has 4 heterocycles. The second kappa shape index (κ2) is 14.0. The summed E-state index contributed by atoms with van der Waals surface area (Å²) in [5.41, 5.74) is 9.86. The van der Waals surface area contributed by atoms with Crippen molar-refractivity contribution in [3.63, 3.8) is 0 Å². The molecule has 4 aromatic heterocycles. The van der Waals surface area contributed by atoms with Crippen molar-refractivity contribution in [1.29, 1.82) is 0 Å². The fourth-order valence-corrected chi connectivity index (χ4v) is 11.2. The van der Waals surface area contributed by atoms with Gasteiger partial charge in [0.05, 0.1) is 16.7 Å². The third-order valence-corrected chi connectivity index (χ3v) is 14.1. The van der Waals surface area contributed by atoms with Crippen molar-refractivity contribution in [2.45, 2.75) is 0 Å². The molecule has 0 unspecified atom stereocenters. The fourth-order valence-electron chi connectivity index (χ4n) is 10.0. The van der Waals surface area contributed by atoms with Crippen LogP contribution in [0, 0.1) is 0 Å². The summed E-state index contributed by atoms with van der Waals surface area (Å²) in [6.45, 7) is 0. The number of rotatable bonds is 5. The number of furan rings is 1. The van der Waals surface area contributed by atoms with Crippen LogP contribution in [0.3, 0.4) is 0 Å². The molecule has 0 bridgehead atoms. The number of thiophene rings is 1. The molecule has 0 radical (unpaired) electrons. The summed E-state index contributed by atoms with van der Waals surface area (Å²) in [5.74, 6) is 1.83. The summed E-state index contributed by atoms with van der Waals surface area (Å²) in [5, 5.41) is 11.4. The number of aromatic nitrogens is 4. The average molecular weight is 847 g/mol. The van der Waals surface area contributed by atoms with Gasteiger partial charge in [0.25, 0.3) is 0 Å². The maximum Gasteiger partial charge on any atom is 0.164 e. The Morgan fingerprint density at radius 2 is 1.00 bits per heavy atom. The Kier molecular flexibility index (Phi) is 7.79. The van der Waals surface area contributed by atoms with Gasteiger partial charge in [0.2, 0.25) is 0 Å². The molecule has 0 saturated carbocycles. The summed E-state index contributed by atoms with van der Waals surface area (Å²) in [4.78, 5) is 16.0. The zero-order valence-corrected chi connectivity index (χ0v) is 35.6. The van der Waals surface area contributed by atoms with Crippen LogP contribution in [0.5, 0.6) is 0 Å². The van der Waals surface area contributed by atoms with E-state index in [9.17, 15) is 0 Å². The van der Waals surface area contributed by atoms with Gasteiger partial charge in [-0.05, 0) is 75.6 Å². The monoisotopic (exact) mass is 846 g/mol. The highest BCUT2D eigenvalue weighted by Crippen LogP contribution is 2.45. The molecule has 0 aliphatic rings. The molecule has 0 atom stereocenters. The normalized spacial score (nSPS) is 12.0. The van der Waals surface area contributed by atoms with Crippen molar-refractivity contribution >= 4 is 96.8 Å². The van der Waals surface area contributed by atoms with E-state index in [1.807, 2.05) is 6.07 Å². The number of nitrogens with zero attached hydrogens (tertiary/aromatic N) is 4. The first kappa shape index (κ1) is 36.1. The second-order valence-corrected chi connectivity index (χ2v) is 17.8. The van der Waals surface area contributed by atoms with Gasteiger partial charge < -0.3 is 8.98 Å². The van der Waals surface area contributed by atoms with Crippen molar-refractivity contribution in [2.24, 2.45) is 0 Å². The van der Waals surface area contributed by atoms with E-state index in [2.05, 4.69) is 205 Å². The van der Waals surface area contributed by atoms with Crippen LogP contribution in [0.2, 0.25) is 0 Å². The number of para-hydroxylation sites is 1. The van der Waals surface area contributed by atoms with Crippen molar-refractivity contribution in [3.05, 3.63) is 206 Å². The molecule has 65 heavy (non-hydrogen) atoms. The molecule has 0 aliphatic heterocycles. The van der Waals surface area contributed by atoms with Crippen molar-refractivity contribution in [2.75, 3.05) is 0 Å². The van der Waals surface area contributed by atoms with Gasteiger partial charge in [-0.25, -0.2) is 15.0 Å². The van der Waals surface area contributed by atoms with Crippen LogP contribution in [-0.4, -0.2) is 19.5 Å². The topological polar surface area (TPSA) is 56.7 Å². The smallest absolute Gasteiger partial charge is 0.164 e. The maximum absolute atomic E-state index is 6.93. The van der Waals surface area contributed by atoms with E-state index in [-0.39, 0.29) is 0 Å². The fraction of sp³-hybridized carbons (Fsp3) is 0. The van der Waals surface area contributed by atoms with Crippen molar-refractivity contribution in [3.8, 4) is 51.0 Å². The van der Waals surface area contributed by atoms with Crippen LogP contribution in [0.1, 0.15) is 0 Å². The molecule has 0 fully saturated rings. The van der Waals surface area contributed by atoms with Crippen LogP contribution in [0.15, 0.2) is 211 Å². The molecule has 0 amide bonds. The van der Waals surface area contributed by atoms with Crippen LogP contribution in [0.25, 0.3) is 136 Å². The summed E-state index contributed by atoms with van der Waals surface area (Å²) in [6, 6.07) is 73.3.